The van der Waals surface area contributed by atoms with Crippen molar-refractivity contribution in [3.8, 4) is 11.5 Å². The summed E-state index contributed by atoms with van der Waals surface area (Å²) in [6.45, 7) is 0.651. The SMILES string of the molecule is O=C(N=C1S[C@H]2CS(=O)(=O)C[C@@H]2N1Cc1ccccc1)c1ccc2c(c1)OCO2. The van der Waals surface area contributed by atoms with Crippen LogP contribution >= 0.6 is 11.8 Å². The number of amidine groups is 1. The maximum absolute atomic E-state index is 12.8. The molecule has 3 heterocycles. The number of ether oxygens (including phenoxy) is 2. The van der Waals surface area contributed by atoms with E-state index in [1.165, 1.54) is 11.8 Å². The van der Waals surface area contributed by atoms with Crippen molar-refractivity contribution in [1.82, 2.24) is 4.90 Å². The molecule has 2 aromatic rings. The summed E-state index contributed by atoms with van der Waals surface area (Å²) >= 11 is 1.38. The summed E-state index contributed by atoms with van der Waals surface area (Å²) in [6.07, 6.45) is 0. The Bertz CT molecular complexity index is 1100. The third-order valence-corrected chi connectivity index (χ3v) is 8.43. The van der Waals surface area contributed by atoms with Gasteiger partial charge in [0.1, 0.15) is 0 Å². The number of fused-ring (bicyclic) bond motifs is 2. The van der Waals surface area contributed by atoms with Gasteiger partial charge in [-0.25, -0.2) is 8.42 Å². The quantitative estimate of drug-likeness (QED) is 0.739. The van der Waals surface area contributed by atoms with E-state index in [0.29, 0.717) is 28.8 Å². The second-order valence-corrected chi connectivity index (χ2v) is 10.5. The molecule has 7 nitrogen and oxygen atoms in total. The van der Waals surface area contributed by atoms with E-state index in [1.54, 1.807) is 18.2 Å². The first-order valence-corrected chi connectivity index (χ1v) is 11.9. The Balaban J connectivity index is 1.45. The highest BCUT2D eigenvalue weighted by molar-refractivity contribution is 8.15. The van der Waals surface area contributed by atoms with Gasteiger partial charge in [0.05, 0.1) is 17.5 Å². The molecule has 1 amide bonds. The maximum Gasteiger partial charge on any atom is 0.279 e. The van der Waals surface area contributed by atoms with Crippen molar-refractivity contribution in [3.63, 3.8) is 0 Å². The van der Waals surface area contributed by atoms with Crippen LogP contribution in [0.4, 0.5) is 0 Å². The maximum atomic E-state index is 12.8. The zero-order valence-corrected chi connectivity index (χ0v) is 17.0. The fraction of sp³-hybridized carbons (Fsp3) is 0.300. The van der Waals surface area contributed by atoms with Gasteiger partial charge in [0.2, 0.25) is 6.79 Å². The van der Waals surface area contributed by atoms with Gasteiger partial charge in [0.15, 0.2) is 26.5 Å². The van der Waals surface area contributed by atoms with Crippen LogP contribution in [-0.2, 0) is 16.4 Å². The minimum Gasteiger partial charge on any atom is -0.454 e. The average Bonchev–Trinajstić information content (AvgIpc) is 3.36. The second-order valence-electron chi connectivity index (χ2n) is 7.18. The van der Waals surface area contributed by atoms with Crippen molar-refractivity contribution in [3.05, 3.63) is 59.7 Å². The Morgan fingerprint density at radius 3 is 2.72 bits per heavy atom. The number of rotatable bonds is 3. The first-order chi connectivity index (χ1) is 14.0. The van der Waals surface area contributed by atoms with Gasteiger partial charge in [-0.3, -0.25) is 4.79 Å². The molecule has 2 saturated heterocycles. The molecule has 0 aliphatic carbocycles. The zero-order valence-electron chi connectivity index (χ0n) is 15.4. The van der Waals surface area contributed by atoms with Crippen LogP contribution in [0.5, 0.6) is 11.5 Å². The number of nitrogens with zero attached hydrogens (tertiary/aromatic N) is 2. The van der Waals surface area contributed by atoms with E-state index in [9.17, 15) is 13.2 Å². The molecule has 0 N–H and O–H groups in total. The summed E-state index contributed by atoms with van der Waals surface area (Å²) < 4.78 is 34.9. The Morgan fingerprint density at radius 2 is 1.90 bits per heavy atom. The molecule has 0 aromatic heterocycles. The van der Waals surface area contributed by atoms with Crippen molar-refractivity contribution in [2.45, 2.75) is 17.8 Å². The van der Waals surface area contributed by atoms with E-state index in [1.807, 2.05) is 35.2 Å². The van der Waals surface area contributed by atoms with Gasteiger partial charge < -0.3 is 14.4 Å². The highest BCUT2D eigenvalue weighted by Crippen LogP contribution is 2.39. The van der Waals surface area contributed by atoms with Crippen molar-refractivity contribution < 1.29 is 22.7 Å². The van der Waals surface area contributed by atoms with Gasteiger partial charge in [-0.2, -0.15) is 4.99 Å². The molecule has 3 aliphatic heterocycles. The molecular weight excluding hydrogens is 412 g/mol. The Kier molecular flexibility index (Phi) is 4.51. The third kappa shape index (κ3) is 3.60. The lowest BCUT2D eigenvalue weighted by molar-refractivity contribution is 0.100. The fourth-order valence-electron chi connectivity index (χ4n) is 3.78. The minimum absolute atomic E-state index is 0.0920. The number of carbonyl (C=O) groups excluding carboxylic acids is 1. The van der Waals surface area contributed by atoms with Gasteiger partial charge in [-0.1, -0.05) is 42.1 Å². The third-order valence-electron chi connectivity index (χ3n) is 5.19. The summed E-state index contributed by atoms with van der Waals surface area (Å²) in [6, 6.07) is 14.6. The Hall–Kier alpha value is -2.52. The summed E-state index contributed by atoms with van der Waals surface area (Å²) in [5.74, 6) is 0.959. The minimum atomic E-state index is -3.07. The lowest BCUT2D eigenvalue weighted by atomic mass is 10.1. The van der Waals surface area contributed by atoms with Gasteiger partial charge in [-0.15, -0.1) is 0 Å². The molecule has 150 valence electrons. The zero-order chi connectivity index (χ0) is 20.0. The summed E-state index contributed by atoms with van der Waals surface area (Å²) in [7, 11) is -3.07. The number of amides is 1. The molecular formula is C20H18N2O5S2. The van der Waals surface area contributed by atoms with E-state index in [0.717, 1.165) is 5.56 Å². The molecule has 0 bridgehead atoms. The van der Waals surface area contributed by atoms with E-state index in [2.05, 4.69) is 4.99 Å². The standard InChI is InChI=1S/C20H18N2O5S2/c23-19(14-6-7-16-17(8-14)27-12-26-16)21-20-22(9-13-4-2-1-3-5-13)15-10-29(24,25)11-18(15)28-20/h1-8,15,18H,9-12H2/t15-,18-/m0/s1. The first-order valence-electron chi connectivity index (χ1n) is 9.19. The van der Waals surface area contributed by atoms with Gasteiger partial charge in [-0.05, 0) is 23.8 Å². The number of aliphatic imine (C=N–C) groups is 1. The van der Waals surface area contributed by atoms with Crippen LogP contribution in [0.25, 0.3) is 0 Å². The molecule has 2 aromatic carbocycles. The van der Waals surface area contributed by atoms with Crippen LogP contribution in [-0.4, -0.2) is 54.0 Å². The number of thioether (sulfide) groups is 1. The molecule has 5 rings (SSSR count). The van der Waals surface area contributed by atoms with Crippen LogP contribution in [0.1, 0.15) is 15.9 Å². The van der Waals surface area contributed by atoms with Crippen molar-refractivity contribution in [2.75, 3.05) is 18.3 Å². The monoisotopic (exact) mass is 430 g/mol. The predicted molar refractivity (Wildman–Crippen MR) is 110 cm³/mol. The molecule has 2 fully saturated rings. The number of hydrogen-bond donors (Lipinski definition) is 0. The lowest BCUT2D eigenvalue weighted by Gasteiger charge is -2.24. The molecule has 2 atom stereocenters. The van der Waals surface area contributed by atoms with Crippen molar-refractivity contribution in [1.29, 1.82) is 0 Å². The van der Waals surface area contributed by atoms with Gasteiger partial charge >= 0.3 is 0 Å². The lowest BCUT2D eigenvalue weighted by Crippen LogP contribution is -2.37. The number of benzene rings is 2. The predicted octanol–water partition coefficient (Wildman–Crippen LogP) is 2.33. The average molecular weight is 431 g/mol. The highest BCUT2D eigenvalue weighted by atomic mass is 32.2. The topological polar surface area (TPSA) is 85.3 Å². The fourth-order valence-corrected chi connectivity index (χ4v) is 7.73. The van der Waals surface area contributed by atoms with Crippen LogP contribution in [0.3, 0.4) is 0 Å². The van der Waals surface area contributed by atoms with Gasteiger partial charge in [0.25, 0.3) is 5.91 Å². The smallest absolute Gasteiger partial charge is 0.279 e. The van der Waals surface area contributed by atoms with Crippen molar-refractivity contribution in [2.24, 2.45) is 4.99 Å². The summed E-state index contributed by atoms with van der Waals surface area (Å²) in [4.78, 5) is 19.1. The molecule has 9 heteroatoms. The molecule has 0 spiro atoms. The normalized spacial score (nSPS) is 25.4. The Labute approximate surface area is 172 Å². The number of sulfone groups is 1. The number of hydrogen-bond acceptors (Lipinski definition) is 6. The van der Waals surface area contributed by atoms with Crippen LogP contribution in [0.2, 0.25) is 0 Å². The summed E-state index contributed by atoms with van der Waals surface area (Å²) in [5, 5.41) is 0.466. The van der Waals surface area contributed by atoms with E-state index >= 15 is 0 Å². The molecule has 0 unspecified atom stereocenters. The second kappa shape index (κ2) is 7.07. The number of carbonyl (C=O) groups is 1. The molecule has 0 radical (unpaired) electrons. The van der Waals surface area contributed by atoms with Crippen LogP contribution in [0, 0.1) is 0 Å². The van der Waals surface area contributed by atoms with E-state index in [4.69, 9.17) is 9.47 Å². The molecule has 29 heavy (non-hydrogen) atoms. The van der Waals surface area contributed by atoms with E-state index in [-0.39, 0.29) is 35.5 Å². The molecule has 3 aliphatic rings. The first kappa shape index (κ1) is 18.5. The van der Waals surface area contributed by atoms with E-state index < -0.39 is 9.84 Å². The van der Waals surface area contributed by atoms with Crippen LogP contribution < -0.4 is 9.47 Å². The van der Waals surface area contributed by atoms with Crippen LogP contribution in [0.15, 0.2) is 53.5 Å². The Morgan fingerprint density at radius 1 is 1.10 bits per heavy atom. The largest absolute Gasteiger partial charge is 0.454 e. The van der Waals surface area contributed by atoms with Crippen molar-refractivity contribution >= 4 is 32.7 Å². The highest BCUT2D eigenvalue weighted by Gasteiger charge is 2.48. The molecule has 0 saturated carbocycles. The summed E-state index contributed by atoms with van der Waals surface area (Å²) in [5.41, 5.74) is 1.45. The van der Waals surface area contributed by atoms with Gasteiger partial charge in [0, 0.05) is 17.4 Å².